The Labute approximate surface area is 145 Å². The van der Waals surface area contributed by atoms with Crippen LogP contribution >= 0.6 is 11.8 Å². The van der Waals surface area contributed by atoms with Crippen molar-refractivity contribution < 1.29 is 4.79 Å². The topological polar surface area (TPSA) is 59.8 Å². The summed E-state index contributed by atoms with van der Waals surface area (Å²) in [6.45, 7) is 2.53. The third-order valence-corrected chi connectivity index (χ3v) is 4.45. The minimum atomic E-state index is -0.175. The van der Waals surface area contributed by atoms with Gasteiger partial charge in [-0.15, -0.1) is 22.0 Å². The van der Waals surface area contributed by atoms with E-state index < -0.39 is 0 Å². The maximum absolute atomic E-state index is 12.6. The van der Waals surface area contributed by atoms with Gasteiger partial charge in [0.25, 0.3) is 5.91 Å². The van der Waals surface area contributed by atoms with Crippen molar-refractivity contribution in [1.29, 1.82) is 0 Å². The molecule has 3 aromatic rings. The number of amides is 1. The van der Waals surface area contributed by atoms with Crippen LogP contribution in [0, 0.1) is 6.92 Å². The third-order valence-electron chi connectivity index (χ3n) is 3.73. The molecule has 0 atom stereocenters. The molecule has 0 radical (unpaired) electrons. The fraction of sp³-hybridized carbons (Fsp3) is 0.167. The molecular weight excluding hydrogens is 320 g/mol. The molecule has 5 nitrogen and oxygen atoms in total. The van der Waals surface area contributed by atoms with E-state index in [4.69, 9.17) is 0 Å². The summed E-state index contributed by atoms with van der Waals surface area (Å²) in [5.41, 5.74) is 2.70. The third kappa shape index (κ3) is 3.65. The second kappa shape index (κ2) is 7.31. The molecule has 3 rings (SSSR count). The fourth-order valence-electron chi connectivity index (χ4n) is 2.39. The van der Waals surface area contributed by atoms with Crippen LogP contribution in [-0.4, -0.2) is 26.9 Å². The average Bonchev–Trinajstić information content (AvgIpc) is 3.03. The molecule has 0 unspecified atom stereocenters. The van der Waals surface area contributed by atoms with E-state index in [1.807, 2.05) is 66.3 Å². The number of hydrogen-bond donors (Lipinski definition) is 1. The first-order valence-corrected chi connectivity index (χ1v) is 8.77. The highest BCUT2D eigenvalue weighted by Gasteiger charge is 2.14. The van der Waals surface area contributed by atoms with Crippen molar-refractivity contribution in [1.82, 2.24) is 14.8 Å². The van der Waals surface area contributed by atoms with Gasteiger partial charge in [-0.05, 0) is 36.4 Å². The van der Waals surface area contributed by atoms with Gasteiger partial charge in [-0.1, -0.05) is 36.4 Å². The van der Waals surface area contributed by atoms with Gasteiger partial charge in [-0.25, -0.2) is 0 Å². The number of nitrogens with one attached hydrogen (secondary N) is 1. The number of nitrogens with zero attached hydrogens (tertiary/aromatic N) is 3. The average molecular weight is 338 g/mol. The Balaban J connectivity index is 1.80. The maximum atomic E-state index is 12.6. The van der Waals surface area contributed by atoms with Crippen LogP contribution in [0.15, 0.2) is 59.8 Å². The molecule has 0 saturated heterocycles. The zero-order valence-electron chi connectivity index (χ0n) is 13.6. The Bertz CT molecular complexity index is 845. The quantitative estimate of drug-likeness (QED) is 0.722. The highest BCUT2D eigenvalue weighted by Crippen LogP contribution is 2.20. The molecule has 0 saturated carbocycles. The minimum absolute atomic E-state index is 0.175. The largest absolute Gasteiger partial charge is 0.295 e. The number of hydrogen-bond acceptors (Lipinski definition) is 4. The van der Waals surface area contributed by atoms with Crippen LogP contribution in [0.25, 0.3) is 0 Å². The van der Waals surface area contributed by atoms with Gasteiger partial charge in [-0.2, -0.15) is 0 Å². The van der Waals surface area contributed by atoms with Crippen molar-refractivity contribution in [3.8, 4) is 0 Å². The Morgan fingerprint density at radius 1 is 1.21 bits per heavy atom. The molecular formula is C18H18N4OS. The van der Waals surface area contributed by atoms with Crippen LogP contribution in [0.4, 0.5) is 5.95 Å². The summed E-state index contributed by atoms with van der Waals surface area (Å²) in [5, 5.41) is 10.8. The number of carbonyl (C=O) groups excluding carboxylic acids is 1. The molecule has 1 N–H and O–H groups in total. The van der Waals surface area contributed by atoms with E-state index in [2.05, 4.69) is 15.5 Å². The van der Waals surface area contributed by atoms with Crippen molar-refractivity contribution >= 4 is 23.6 Å². The lowest BCUT2D eigenvalue weighted by molar-refractivity contribution is 0.102. The standard InChI is InChI=1S/C18H18N4OS/c1-13-8-9-15(24-2)10-16(13)17(23)20-18-21-19-12-22(18)11-14-6-4-3-5-7-14/h3-10,12H,11H2,1-2H3,(H,20,21,23). The van der Waals surface area contributed by atoms with E-state index in [0.717, 1.165) is 16.0 Å². The Morgan fingerprint density at radius 3 is 2.75 bits per heavy atom. The minimum Gasteiger partial charge on any atom is -0.295 e. The van der Waals surface area contributed by atoms with Crippen LogP contribution in [-0.2, 0) is 6.54 Å². The first-order valence-electron chi connectivity index (χ1n) is 7.55. The zero-order chi connectivity index (χ0) is 16.9. The van der Waals surface area contributed by atoms with Gasteiger partial charge in [0.2, 0.25) is 5.95 Å². The van der Waals surface area contributed by atoms with Gasteiger partial charge >= 0.3 is 0 Å². The van der Waals surface area contributed by atoms with Crippen LogP contribution < -0.4 is 5.32 Å². The molecule has 0 aliphatic carbocycles. The lowest BCUT2D eigenvalue weighted by atomic mass is 10.1. The Hall–Kier alpha value is -2.60. The fourth-order valence-corrected chi connectivity index (χ4v) is 2.83. The van der Waals surface area contributed by atoms with E-state index >= 15 is 0 Å². The zero-order valence-corrected chi connectivity index (χ0v) is 14.4. The monoisotopic (exact) mass is 338 g/mol. The Kier molecular flexibility index (Phi) is 4.96. The van der Waals surface area contributed by atoms with Gasteiger partial charge in [0, 0.05) is 10.5 Å². The molecule has 0 spiro atoms. The van der Waals surface area contributed by atoms with Gasteiger partial charge < -0.3 is 0 Å². The Morgan fingerprint density at radius 2 is 2.00 bits per heavy atom. The number of carbonyl (C=O) groups is 1. The molecule has 0 aliphatic heterocycles. The highest BCUT2D eigenvalue weighted by molar-refractivity contribution is 7.98. The summed E-state index contributed by atoms with van der Waals surface area (Å²) in [7, 11) is 0. The SMILES string of the molecule is CSc1ccc(C)c(C(=O)Nc2nncn2Cc2ccccc2)c1. The lowest BCUT2D eigenvalue weighted by Crippen LogP contribution is -2.17. The highest BCUT2D eigenvalue weighted by atomic mass is 32.2. The van der Waals surface area contributed by atoms with Crippen molar-refractivity contribution in [3.63, 3.8) is 0 Å². The van der Waals surface area contributed by atoms with Gasteiger partial charge in [-0.3, -0.25) is 14.7 Å². The second-order valence-corrected chi connectivity index (χ2v) is 6.28. The predicted molar refractivity (Wildman–Crippen MR) is 96.5 cm³/mol. The molecule has 1 heterocycles. The van der Waals surface area contributed by atoms with Gasteiger partial charge in [0.05, 0.1) is 6.54 Å². The number of rotatable bonds is 5. The summed E-state index contributed by atoms with van der Waals surface area (Å²) in [6.07, 6.45) is 3.61. The van der Waals surface area contributed by atoms with Gasteiger partial charge in [0.15, 0.2) is 0 Å². The van der Waals surface area contributed by atoms with Gasteiger partial charge in [0.1, 0.15) is 6.33 Å². The number of thioether (sulfide) groups is 1. The second-order valence-electron chi connectivity index (χ2n) is 5.40. The molecule has 0 bridgehead atoms. The normalized spacial score (nSPS) is 10.6. The van der Waals surface area contributed by atoms with E-state index in [1.54, 1.807) is 18.1 Å². The molecule has 1 amide bonds. The van der Waals surface area contributed by atoms with Crippen molar-refractivity contribution in [2.45, 2.75) is 18.4 Å². The summed E-state index contributed by atoms with van der Waals surface area (Å²) < 4.78 is 1.82. The van der Waals surface area contributed by atoms with Crippen LogP contribution in [0.2, 0.25) is 0 Å². The smallest absolute Gasteiger partial charge is 0.258 e. The van der Waals surface area contributed by atoms with E-state index in [1.165, 1.54) is 0 Å². The predicted octanol–water partition coefficient (Wildman–Crippen LogP) is 3.61. The molecule has 0 fully saturated rings. The molecule has 1 aromatic heterocycles. The van der Waals surface area contributed by atoms with Crippen molar-refractivity contribution in [2.75, 3.05) is 11.6 Å². The lowest BCUT2D eigenvalue weighted by Gasteiger charge is -2.10. The van der Waals surface area contributed by atoms with Crippen LogP contribution in [0.1, 0.15) is 21.5 Å². The molecule has 6 heteroatoms. The molecule has 122 valence electrons. The van der Waals surface area contributed by atoms with Crippen molar-refractivity contribution in [2.24, 2.45) is 0 Å². The van der Waals surface area contributed by atoms with E-state index in [9.17, 15) is 4.79 Å². The van der Waals surface area contributed by atoms with E-state index in [0.29, 0.717) is 18.1 Å². The van der Waals surface area contributed by atoms with Crippen LogP contribution in [0.3, 0.4) is 0 Å². The van der Waals surface area contributed by atoms with E-state index in [-0.39, 0.29) is 5.91 Å². The molecule has 0 aliphatic rings. The van der Waals surface area contributed by atoms with Crippen LogP contribution in [0.5, 0.6) is 0 Å². The summed E-state index contributed by atoms with van der Waals surface area (Å²) in [6, 6.07) is 15.8. The number of aryl methyl sites for hydroxylation is 1. The maximum Gasteiger partial charge on any atom is 0.258 e. The van der Waals surface area contributed by atoms with Crippen molar-refractivity contribution in [3.05, 3.63) is 71.5 Å². The molecule has 24 heavy (non-hydrogen) atoms. The summed E-state index contributed by atoms with van der Waals surface area (Å²) >= 11 is 1.61. The molecule has 2 aromatic carbocycles. The summed E-state index contributed by atoms with van der Waals surface area (Å²) in [4.78, 5) is 13.7. The number of benzene rings is 2. The number of aromatic nitrogens is 3. The first-order chi connectivity index (χ1) is 11.7. The summed E-state index contributed by atoms with van der Waals surface area (Å²) in [5.74, 6) is 0.267. The number of anilines is 1. The first kappa shape index (κ1) is 16.3.